The van der Waals surface area contributed by atoms with Crippen molar-refractivity contribution >= 4 is 36.8 Å². The number of hydrogen-bond donors (Lipinski definition) is 8. The van der Waals surface area contributed by atoms with Crippen LogP contribution in [0.1, 0.15) is 297 Å². The van der Waals surface area contributed by atoms with Crippen LogP contribution in [-0.2, 0) is 104 Å². The van der Waals surface area contributed by atoms with Crippen molar-refractivity contribution in [3.63, 3.8) is 0 Å². The van der Waals surface area contributed by atoms with Crippen LogP contribution in [0.4, 0.5) is 19.2 Å². The quantitative estimate of drug-likeness (QED) is 0.0262. The molecule has 0 bridgehead atoms. The van der Waals surface area contributed by atoms with Crippen LogP contribution >= 0.6 is 12.4 Å². The second-order valence-corrected chi connectivity index (χ2v) is 37.6. The largest absolute Gasteiger partial charge is 0.444 e. The van der Waals surface area contributed by atoms with Crippen LogP contribution in [0.25, 0.3) is 0 Å². The maximum Gasteiger partial charge on any atom is 0.407 e. The van der Waals surface area contributed by atoms with E-state index in [1.165, 1.54) is 0 Å². The number of carbonyl (C=O) groups excluding carboxylic acids is 4. The normalized spacial score (nSPS) is 16.9. The van der Waals surface area contributed by atoms with Gasteiger partial charge in [0.2, 0.25) is 0 Å². The Kier molecular flexibility index (Phi) is 79.7. The lowest BCUT2D eigenvalue weighted by Crippen LogP contribution is -2.42. The molecule has 131 heavy (non-hydrogen) atoms. The van der Waals surface area contributed by atoms with Crippen LogP contribution in [0.2, 0.25) is 0 Å². The van der Waals surface area contributed by atoms with Gasteiger partial charge in [0.25, 0.3) is 0 Å². The molecule has 0 aliphatic carbocycles. The van der Waals surface area contributed by atoms with Crippen LogP contribution in [0.5, 0.6) is 0 Å². The minimum absolute atomic E-state index is 0. The molecule has 0 radical (unpaired) electrons. The average Bonchev–Trinajstić information content (AvgIpc) is 0.794. The zero-order chi connectivity index (χ0) is 98.5. The lowest BCUT2D eigenvalue weighted by atomic mass is 10.2. The first-order valence-corrected chi connectivity index (χ1v) is 49.3. The summed E-state index contributed by atoms with van der Waals surface area (Å²) >= 11 is 0. The summed E-state index contributed by atoms with van der Waals surface area (Å²) in [6, 6.07) is -0.998. The van der Waals surface area contributed by atoms with Gasteiger partial charge in [0.05, 0.1) is 232 Å². The van der Waals surface area contributed by atoms with Gasteiger partial charge < -0.3 is 148 Å². The van der Waals surface area contributed by atoms with Gasteiger partial charge in [-0.2, -0.15) is 0 Å². The summed E-state index contributed by atoms with van der Waals surface area (Å²) in [6.07, 6.45) is 6.77. The molecule has 0 spiro atoms. The van der Waals surface area contributed by atoms with E-state index < -0.39 is 59.0 Å². The minimum Gasteiger partial charge on any atom is -0.444 e. The molecule has 784 valence electrons. The van der Waals surface area contributed by atoms with Gasteiger partial charge in [-0.1, -0.05) is 111 Å². The highest BCUT2D eigenvalue weighted by atomic mass is 35.5. The lowest BCUT2D eigenvalue weighted by Gasteiger charge is -2.27. The zero-order valence-corrected chi connectivity index (χ0v) is 88.0. The SMILES string of the molecule is CCC(COC(CC)COCC(COCC(COCC(CC)OCC(CC)NC(=O)OC(C)(C)C)OCC(CC)OCC(CC)NC(=O)OC(C)(C)C)OCC(CC)OCC(CC)NC(=O)OC(C)(C)C)NC(=O)OC(C)(C)C.CCC(N)COC(CC)COCC(COCC(COCC(CC)OCC(N)CC)OCC(CC)OCC(N)CC)OCC(CC)OCC(N)CC.Cl. The summed E-state index contributed by atoms with van der Waals surface area (Å²) < 4.78 is 134. The first-order valence-electron chi connectivity index (χ1n) is 49.3. The predicted octanol–water partition coefficient (Wildman–Crippen LogP) is 14.6. The first-order chi connectivity index (χ1) is 61.5. The Morgan fingerprint density at radius 3 is 0.450 bits per heavy atom. The van der Waals surface area contributed by atoms with Crippen LogP contribution in [0.15, 0.2) is 0 Å². The molecule has 0 saturated heterocycles. The van der Waals surface area contributed by atoms with Crippen molar-refractivity contribution in [3.8, 4) is 0 Å². The molecule has 35 heteroatoms. The van der Waals surface area contributed by atoms with E-state index in [-0.39, 0.29) is 201 Å². The summed E-state index contributed by atoms with van der Waals surface area (Å²) in [5.74, 6) is 0. The molecule has 0 aliphatic rings. The van der Waals surface area contributed by atoms with Gasteiger partial charge in [-0.3, -0.25) is 0 Å². The van der Waals surface area contributed by atoms with Crippen molar-refractivity contribution in [1.82, 2.24) is 21.3 Å². The Hall–Kier alpha value is -3.51. The van der Waals surface area contributed by atoms with Crippen molar-refractivity contribution in [3.05, 3.63) is 0 Å². The predicted molar refractivity (Wildman–Crippen MR) is 518 cm³/mol. The summed E-state index contributed by atoms with van der Waals surface area (Å²) in [6.45, 7) is 61.9. The van der Waals surface area contributed by atoms with Crippen molar-refractivity contribution in [2.24, 2.45) is 22.9 Å². The van der Waals surface area contributed by atoms with E-state index in [1.54, 1.807) is 0 Å². The Balaban J connectivity index is -0.00000272. The van der Waals surface area contributed by atoms with Gasteiger partial charge in [-0.25, -0.2) is 19.2 Å². The van der Waals surface area contributed by atoms with E-state index in [4.69, 9.17) is 127 Å². The van der Waals surface area contributed by atoms with E-state index in [0.29, 0.717) is 131 Å². The third kappa shape index (κ3) is 76.1. The molecular formula is C96H197ClN8O26. The summed E-state index contributed by atoms with van der Waals surface area (Å²) in [7, 11) is 0. The number of nitrogens with two attached hydrogens (primary N) is 4. The van der Waals surface area contributed by atoms with Crippen LogP contribution < -0.4 is 44.2 Å². The molecular weight excluding hydrogens is 1720 g/mol. The van der Waals surface area contributed by atoms with E-state index >= 15 is 0 Å². The van der Waals surface area contributed by atoms with Crippen LogP contribution in [0, 0.1) is 0 Å². The average molecular weight is 1920 g/mol. The summed E-state index contributed by atoms with van der Waals surface area (Å²) in [5, 5.41) is 11.6. The second kappa shape index (κ2) is 79.3. The molecule has 0 aliphatic heterocycles. The standard InChI is InChI=1S/C58H114N4O17.C38H82N4O9.ClH/c1-21-41(59-51(63)76-55(9,10)11)29-70-45(25-5)33-67-35-49(74-39-47(27-7)72-31-43(23-3)61-53(65)78-57(15,16)17)37-69-38-50(75-40-48(28-8)73-32-44(24-4)62-54(66)79-58(18,19)20)36-68-34-46(26-6)71-30-42(22-2)60-52(64)77-56(12,13)14;1-9-29(39)17-46-33(13-5)21-43-23-37(50-27-35(15-7)48-19-31(41)11-3)25-45-26-38(51-28-36(16-8)49-20-32(42)12-4)24-44-22-34(14-6)47-18-30(40)10-2;/h41-50H,21-40H2,1-20H3,(H,59,63)(H,60,64)(H,61,65)(H,62,66);29-38H,9-28,39-42H2,1-8H3;1H. The molecule has 0 heterocycles. The van der Waals surface area contributed by atoms with E-state index in [1.807, 2.05) is 138 Å². The maximum absolute atomic E-state index is 12.6. The molecule has 0 rings (SSSR count). The minimum atomic E-state index is -0.633. The zero-order valence-electron chi connectivity index (χ0n) is 87.2. The molecule has 4 amide bonds. The molecule has 0 aromatic carbocycles. The van der Waals surface area contributed by atoms with Gasteiger partial charge in [0.1, 0.15) is 46.8 Å². The highest BCUT2D eigenvalue weighted by Gasteiger charge is 2.29. The third-order valence-electron chi connectivity index (χ3n) is 20.6. The van der Waals surface area contributed by atoms with Gasteiger partial charge in [0.15, 0.2) is 0 Å². The van der Waals surface area contributed by atoms with Gasteiger partial charge >= 0.3 is 24.4 Å². The van der Waals surface area contributed by atoms with Gasteiger partial charge in [0, 0.05) is 24.2 Å². The number of amides is 4. The summed E-state index contributed by atoms with van der Waals surface area (Å²) in [4.78, 5) is 50.1. The number of halogens is 1. The number of ether oxygens (including phenoxy) is 22. The maximum atomic E-state index is 12.6. The second-order valence-electron chi connectivity index (χ2n) is 37.6. The smallest absolute Gasteiger partial charge is 0.407 e. The van der Waals surface area contributed by atoms with Crippen molar-refractivity contribution in [1.29, 1.82) is 0 Å². The van der Waals surface area contributed by atoms with E-state index in [9.17, 15) is 19.2 Å². The molecule has 0 aromatic heterocycles. The van der Waals surface area contributed by atoms with Crippen molar-refractivity contribution in [2.75, 3.05) is 159 Å². The van der Waals surface area contributed by atoms with Gasteiger partial charge in [-0.15, -0.1) is 12.4 Å². The van der Waals surface area contributed by atoms with Crippen LogP contribution in [-0.4, -0.2) is 327 Å². The fraction of sp³-hybridized carbons (Fsp3) is 0.958. The highest BCUT2D eigenvalue weighted by molar-refractivity contribution is 5.85. The van der Waals surface area contributed by atoms with Crippen molar-refractivity contribution < 1.29 is 123 Å². The first kappa shape index (κ1) is 132. The molecule has 0 fully saturated rings. The molecule has 20 unspecified atom stereocenters. The van der Waals surface area contributed by atoms with Crippen molar-refractivity contribution in [2.45, 2.75) is 441 Å². The number of carbonyl (C=O) groups is 4. The Bertz CT molecular complexity index is 2510. The fourth-order valence-corrected chi connectivity index (χ4v) is 11.3. The number of alkyl carbamates (subject to hydrolysis) is 4. The monoisotopic (exact) mass is 1910 g/mol. The molecule has 20 atom stereocenters. The topological polar surface area (TPSA) is 424 Å². The summed E-state index contributed by atoms with van der Waals surface area (Å²) in [5.41, 5.74) is 21.8. The highest BCUT2D eigenvalue weighted by Crippen LogP contribution is 2.18. The van der Waals surface area contributed by atoms with E-state index in [0.717, 1.165) is 51.4 Å². The van der Waals surface area contributed by atoms with E-state index in [2.05, 4.69) is 76.7 Å². The fourth-order valence-electron chi connectivity index (χ4n) is 11.3. The third-order valence-corrected chi connectivity index (χ3v) is 20.6. The number of hydrogen-bond acceptors (Lipinski definition) is 30. The number of rotatable bonds is 80. The molecule has 12 N–H and O–H groups in total. The Morgan fingerprint density at radius 2 is 0.321 bits per heavy atom. The Labute approximate surface area is 799 Å². The lowest BCUT2D eigenvalue weighted by molar-refractivity contribution is -0.130. The van der Waals surface area contributed by atoms with Crippen LogP contribution in [0.3, 0.4) is 0 Å². The molecule has 0 aromatic rings. The Morgan fingerprint density at radius 1 is 0.191 bits per heavy atom. The molecule has 34 nitrogen and oxygen atoms in total. The molecule has 0 saturated carbocycles. The van der Waals surface area contributed by atoms with Gasteiger partial charge in [-0.05, 0) is 186 Å². The number of nitrogens with one attached hydrogen (secondary N) is 4.